The maximum absolute atomic E-state index is 11.3. The van der Waals surface area contributed by atoms with Gasteiger partial charge in [-0.1, -0.05) is 24.3 Å². The summed E-state index contributed by atoms with van der Waals surface area (Å²) in [5.41, 5.74) is 2.03. The fourth-order valence-electron chi connectivity index (χ4n) is 1.49. The molecule has 0 saturated heterocycles. The van der Waals surface area contributed by atoms with Crippen molar-refractivity contribution in [1.29, 1.82) is 0 Å². The highest BCUT2D eigenvalue weighted by molar-refractivity contribution is 5.75. The van der Waals surface area contributed by atoms with Crippen molar-refractivity contribution >= 4 is 5.91 Å². The standard InChI is InChI=1S/C13H20N2O2/c1-15(2)13(17)6-7-14-9-11-4-3-5-12(8-11)10-16/h3-5,8,14,16H,6-7,9-10H2,1-2H3. The summed E-state index contributed by atoms with van der Waals surface area (Å²) < 4.78 is 0. The zero-order chi connectivity index (χ0) is 12.7. The molecule has 1 rings (SSSR count). The molecule has 1 amide bonds. The Bertz CT molecular complexity index is 364. The summed E-state index contributed by atoms with van der Waals surface area (Å²) in [5, 5.41) is 12.2. The van der Waals surface area contributed by atoms with Crippen molar-refractivity contribution < 1.29 is 9.90 Å². The topological polar surface area (TPSA) is 52.6 Å². The first-order valence-electron chi connectivity index (χ1n) is 5.73. The van der Waals surface area contributed by atoms with Crippen molar-refractivity contribution in [2.75, 3.05) is 20.6 Å². The molecule has 4 heteroatoms. The van der Waals surface area contributed by atoms with Crippen LogP contribution in [0.1, 0.15) is 17.5 Å². The summed E-state index contributed by atoms with van der Waals surface area (Å²) in [4.78, 5) is 12.9. The van der Waals surface area contributed by atoms with Gasteiger partial charge in [0, 0.05) is 33.6 Å². The molecule has 2 N–H and O–H groups in total. The number of benzene rings is 1. The molecule has 0 aliphatic heterocycles. The number of aliphatic hydroxyl groups excluding tert-OH is 1. The number of nitrogens with one attached hydrogen (secondary N) is 1. The molecule has 17 heavy (non-hydrogen) atoms. The fourth-order valence-corrected chi connectivity index (χ4v) is 1.49. The predicted molar refractivity (Wildman–Crippen MR) is 67.4 cm³/mol. The van der Waals surface area contributed by atoms with E-state index in [1.807, 2.05) is 24.3 Å². The van der Waals surface area contributed by atoms with Gasteiger partial charge in [0.05, 0.1) is 6.61 Å². The van der Waals surface area contributed by atoms with Crippen molar-refractivity contribution in [2.45, 2.75) is 19.6 Å². The second-order valence-corrected chi connectivity index (χ2v) is 4.19. The van der Waals surface area contributed by atoms with Crippen LogP contribution in [0, 0.1) is 0 Å². The first-order chi connectivity index (χ1) is 8.13. The Labute approximate surface area is 102 Å². The summed E-state index contributed by atoms with van der Waals surface area (Å²) in [6, 6.07) is 7.77. The van der Waals surface area contributed by atoms with Gasteiger partial charge in [0.1, 0.15) is 0 Å². The van der Waals surface area contributed by atoms with Crippen molar-refractivity contribution in [3.63, 3.8) is 0 Å². The Morgan fingerprint density at radius 3 is 2.71 bits per heavy atom. The molecule has 0 heterocycles. The van der Waals surface area contributed by atoms with Gasteiger partial charge in [-0.05, 0) is 11.1 Å². The van der Waals surface area contributed by atoms with Crippen LogP contribution in [0.5, 0.6) is 0 Å². The third-order valence-corrected chi connectivity index (χ3v) is 2.52. The average molecular weight is 236 g/mol. The molecule has 0 unspecified atom stereocenters. The van der Waals surface area contributed by atoms with Crippen molar-refractivity contribution in [3.8, 4) is 0 Å². The molecular weight excluding hydrogens is 216 g/mol. The molecule has 0 fully saturated rings. The first kappa shape index (κ1) is 13.7. The van der Waals surface area contributed by atoms with E-state index < -0.39 is 0 Å². The molecule has 1 aromatic rings. The molecule has 0 saturated carbocycles. The lowest BCUT2D eigenvalue weighted by atomic mass is 10.1. The third kappa shape index (κ3) is 4.97. The molecule has 0 aromatic heterocycles. The molecule has 4 nitrogen and oxygen atoms in total. The number of rotatable bonds is 6. The van der Waals surface area contributed by atoms with Gasteiger partial charge in [0.25, 0.3) is 0 Å². The van der Waals surface area contributed by atoms with E-state index in [1.165, 1.54) is 0 Å². The van der Waals surface area contributed by atoms with E-state index in [4.69, 9.17) is 5.11 Å². The van der Waals surface area contributed by atoms with Crippen LogP contribution in [0.15, 0.2) is 24.3 Å². The van der Waals surface area contributed by atoms with E-state index in [2.05, 4.69) is 5.32 Å². The maximum atomic E-state index is 11.3. The number of amides is 1. The summed E-state index contributed by atoms with van der Waals surface area (Å²) >= 11 is 0. The number of carbonyl (C=O) groups is 1. The number of aliphatic hydroxyl groups is 1. The zero-order valence-corrected chi connectivity index (χ0v) is 10.4. The summed E-state index contributed by atoms with van der Waals surface area (Å²) in [7, 11) is 3.51. The number of carbonyl (C=O) groups excluding carboxylic acids is 1. The van der Waals surface area contributed by atoms with Crippen molar-refractivity contribution in [1.82, 2.24) is 10.2 Å². The monoisotopic (exact) mass is 236 g/mol. The Morgan fingerprint density at radius 1 is 1.35 bits per heavy atom. The van der Waals surface area contributed by atoms with Crippen LogP contribution >= 0.6 is 0 Å². The van der Waals surface area contributed by atoms with Crippen LogP contribution in [-0.2, 0) is 17.9 Å². The molecule has 0 bridgehead atoms. The minimum Gasteiger partial charge on any atom is -0.392 e. The predicted octanol–water partition coefficient (Wildman–Crippen LogP) is 0.747. The number of nitrogens with zero attached hydrogens (tertiary/aromatic N) is 1. The molecule has 0 atom stereocenters. The number of hydrogen-bond donors (Lipinski definition) is 2. The number of hydrogen-bond acceptors (Lipinski definition) is 3. The highest BCUT2D eigenvalue weighted by atomic mass is 16.3. The summed E-state index contributed by atoms with van der Waals surface area (Å²) in [5.74, 6) is 0.126. The van der Waals surface area contributed by atoms with E-state index in [9.17, 15) is 4.79 Å². The third-order valence-electron chi connectivity index (χ3n) is 2.52. The Kier molecular flexibility index (Phi) is 5.66. The van der Waals surface area contributed by atoms with E-state index in [0.29, 0.717) is 19.5 Å². The molecule has 94 valence electrons. The Balaban J connectivity index is 2.28. The van der Waals surface area contributed by atoms with Crippen LogP contribution in [-0.4, -0.2) is 36.6 Å². The minimum atomic E-state index is 0.0625. The van der Waals surface area contributed by atoms with Crippen LogP contribution in [0.25, 0.3) is 0 Å². The normalized spacial score (nSPS) is 10.3. The van der Waals surface area contributed by atoms with Gasteiger partial charge in [0.15, 0.2) is 0 Å². The zero-order valence-electron chi connectivity index (χ0n) is 10.4. The van der Waals surface area contributed by atoms with E-state index in [0.717, 1.165) is 11.1 Å². The second-order valence-electron chi connectivity index (χ2n) is 4.19. The second kappa shape index (κ2) is 7.04. The van der Waals surface area contributed by atoms with Crippen molar-refractivity contribution in [2.24, 2.45) is 0 Å². The lowest BCUT2D eigenvalue weighted by Crippen LogP contribution is -2.26. The first-order valence-corrected chi connectivity index (χ1v) is 5.73. The van der Waals surface area contributed by atoms with E-state index >= 15 is 0 Å². The van der Waals surface area contributed by atoms with Gasteiger partial charge in [-0.3, -0.25) is 4.79 Å². The van der Waals surface area contributed by atoms with Crippen molar-refractivity contribution in [3.05, 3.63) is 35.4 Å². The Morgan fingerprint density at radius 2 is 2.06 bits per heavy atom. The smallest absolute Gasteiger partial charge is 0.223 e. The fraction of sp³-hybridized carbons (Fsp3) is 0.462. The SMILES string of the molecule is CN(C)C(=O)CCNCc1cccc(CO)c1. The van der Waals surface area contributed by atoms with Gasteiger partial charge in [-0.25, -0.2) is 0 Å². The highest BCUT2D eigenvalue weighted by Crippen LogP contribution is 2.04. The summed E-state index contributed by atoms with van der Waals surface area (Å²) in [6.07, 6.45) is 0.507. The molecule has 1 aromatic carbocycles. The van der Waals surface area contributed by atoms with Gasteiger partial charge in [-0.2, -0.15) is 0 Å². The maximum Gasteiger partial charge on any atom is 0.223 e. The molecule has 0 aliphatic carbocycles. The lowest BCUT2D eigenvalue weighted by molar-refractivity contribution is -0.128. The van der Waals surface area contributed by atoms with E-state index in [-0.39, 0.29) is 12.5 Å². The molecule has 0 radical (unpaired) electrons. The van der Waals surface area contributed by atoms with Gasteiger partial charge in [0.2, 0.25) is 5.91 Å². The molecule has 0 aliphatic rings. The quantitative estimate of drug-likeness (QED) is 0.717. The molecule has 0 spiro atoms. The van der Waals surface area contributed by atoms with E-state index in [1.54, 1.807) is 19.0 Å². The van der Waals surface area contributed by atoms with Gasteiger partial charge in [-0.15, -0.1) is 0 Å². The van der Waals surface area contributed by atoms with Gasteiger partial charge < -0.3 is 15.3 Å². The largest absolute Gasteiger partial charge is 0.392 e. The van der Waals surface area contributed by atoms with Gasteiger partial charge >= 0.3 is 0 Å². The van der Waals surface area contributed by atoms with Crippen LogP contribution < -0.4 is 5.32 Å². The molecular formula is C13H20N2O2. The average Bonchev–Trinajstić information content (AvgIpc) is 2.34. The van der Waals surface area contributed by atoms with Crippen LogP contribution in [0.3, 0.4) is 0 Å². The Hall–Kier alpha value is -1.39. The summed E-state index contributed by atoms with van der Waals surface area (Å²) in [6.45, 7) is 1.45. The van der Waals surface area contributed by atoms with Crippen LogP contribution in [0.2, 0.25) is 0 Å². The van der Waals surface area contributed by atoms with Crippen LogP contribution in [0.4, 0.5) is 0 Å². The minimum absolute atomic E-state index is 0.0625. The lowest BCUT2D eigenvalue weighted by Gasteiger charge is -2.10. The highest BCUT2D eigenvalue weighted by Gasteiger charge is 2.02.